The number of nitrogens with zero attached hydrogens (tertiary/aromatic N) is 5. The molecule has 0 aliphatic carbocycles. The quantitative estimate of drug-likeness (QED) is 0.126. The summed E-state index contributed by atoms with van der Waals surface area (Å²) in [4.78, 5) is 17.8. The first-order valence-electron chi connectivity index (χ1n) is 15.1. The van der Waals surface area contributed by atoms with Crippen LogP contribution in [0.25, 0.3) is 6.08 Å². The first-order valence-corrected chi connectivity index (χ1v) is 16.0. The molecule has 0 bridgehead atoms. The van der Waals surface area contributed by atoms with E-state index in [-0.39, 0.29) is 47.3 Å². The number of hydrogen-bond acceptors (Lipinski definition) is 9. The second-order valence-electron chi connectivity index (χ2n) is 11.2. The molecule has 2 atom stereocenters. The standard InChI is InChI=1S/C36H30F3N5O4S/c1-23-7-8-25(16-40)13-30(23)35(45)48-36(20-44-22-42-21-43-44,31-12-11-28(37)15-33(31)39)24(2)49-29-18-46-34(47-19-29)6-4-3-5-27-10-9-26(17-41)14-32(27)38/h3-15,21-22,24,29,34H,18-20H2,1-2H3/b5-3+,6-4+/t24-,29?,34?,36-/m1/s1. The van der Waals surface area contributed by atoms with Gasteiger partial charge < -0.3 is 14.2 Å². The maximum Gasteiger partial charge on any atom is 0.339 e. The number of carbonyl (C=O) groups excluding carboxylic acids is 1. The lowest BCUT2D eigenvalue weighted by Gasteiger charge is -2.40. The molecule has 0 radical (unpaired) electrons. The molecule has 0 spiro atoms. The van der Waals surface area contributed by atoms with Crippen LogP contribution in [-0.2, 0) is 26.4 Å². The molecule has 1 aliphatic rings. The van der Waals surface area contributed by atoms with E-state index in [2.05, 4.69) is 10.1 Å². The van der Waals surface area contributed by atoms with Crippen molar-refractivity contribution in [2.45, 2.75) is 42.8 Å². The molecule has 1 fully saturated rings. The van der Waals surface area contributed by atoms with Crippen LogP contribution >= 0.6 is 11.8 Å². The molecule has 0 N–H and O–H groups in total. The Labute approximate surface area is 285 Å². The van der Waals surface area contributed by atoms with Crippen molar-refractivity contribution in [3.05, 3.63) is 136 Å². The number of aryl methyl sites for hydroxylation is 1. The number of hydrogen-bond donors (Lipinski definition) is 0. The molecule has 1 saturated heterocycles. The lowest BCUT2D eigenvalue weighted by Crippen LogP contribution is -2.47. The number of esters is 1. The molecule has 3 aromatic carbocycles. The summed E-state index contributed by atoms with van der Waals surface area (Å²) in [5, 5.41) is 21.5. The SMILES string of the molecule is Cc1ccc(C#N)cc1C(=O)O[C@@](Cn1cncn1)(c1ccc(F)cc1F)[C@@H](C)SC1COC(/C=C/C=C/c2ccc(C#N)cc2F)OC1. The summed E-state index contributed by atoms with van der Waals surface area (Å²) in [5.41, 5.74) is -0.360. The number of allylic oxidation sites excluding steroid dienone is 2. The Morgan fingerprint density at radius 3 is 2.47 bits per heavy atom. The monoisotopic (exact) mass is 685 g/mol. The van der Waals surface area contributed by atoms with Gasteiger partial charge in [-0.1, -0.05) is 30.4 Å². The summed E-state index contributed by atoms with van der Waals surface area (Å²) in [6, 6.07) is 15.8. The summed E-state index contributed by atoms with van der Waals surface area (Å²) in [5.74, 6) is -3.04. The smallest absolute Gasteiger partial charge is 0.339 e. The number of halogens is 3. The van der Waals surface area contributed by atoms with Crippen LogP contribution in [0.5, 0.6) is 0 Å². The van der Waals surface area contributed by atoms with Gasteiger partial charge in [0.25, 0.3) is 0 Å². The van der Waals surface area contributed by atoms with E-state index in [1.165, 1.54) is 53.4 Å². The summed E-state index contributed by atoms with van der Waals surface area (Å²) >= 11 is 1.33. The molecule has 1 aliphatic heterocycles. The average Bonchev–Trinajstić information content (AvgIpc) is 3.60. The van der Waals surface area contributed by atoms with E-state index in [0.717, 1.165) is 18.2 Å². The molecule has 0 saturated carbocycles. The minimum atomic E-state index is -1.75. The van der Waals surface area contributed by atoms with Crippen molar-refractivity contribution < 1.29 is 32.2 Å². The molecule has 5 rings (SSSR count). The summed E-state index contributed by atoms with van der Waals surface area (Å²) < 4.78 is 63.4. The molecule has 1 aromatic heterocycles. The zero-order valence-corrected chi connectivity index (χ0v) is 27.2. The maximum atomic E-state index is 15.7. The van der Waals surface area contributed by atoms with Crippen molar-refractivity contribution in [2.75, 3.05) is 13.2 Å². The third-order valence-electron chi connectivity index (χ3n) is 7.84. The third-order valence-corrected chi connectivity index (χ3v) is 9.29. The minimum Gasteiger partial charge on any atom is -0.447 e. The number of aromatic nitrogens is 3. The topological polar surface area (TPSA) is 123 Å². The van der Waals surface area contributed by atoms with Gasteiger partial charge in [0.1, 0.15) is 30.1 Å². The van der Waals surface area contributed by atoms with E-state index in [9.17, 15) is 18.8 Å². The maximum absolute atomic E-state index is 15.7. The number of nitriles is 2. The predicted molar refractivity (Wildman–Crippen MR) is 175 cm³/mol. The summed E-state index contributed by atoms with van der Waals surface area (Å²) in [6.07, 6.45) is 8.49. The fourth-order valence-electron chi connectivity index (χ4n) is 5.26. The van der Waals surface area contributed by atoms with Gasteiger partial charge >= 0.3 is 5.97 Å². The van der Waals surface area contributed by atoms with Gasteiger partial charge in [0, 0.05) is 22.4 Å². The Morgan fingerprint density at radius 1 is 1.06 bits per heavy atom. The van der Waals surface area contributed by atoms with Crippen molar-refractivity contribution in [3.8, 4) is 12.1 Å². The van der Waals surface area contributed by atoms with Crippen LogP contribution in [0.15, 0.2) is 85.5 Å². The van der Waals surface area contributed by atoms with Crippen molar-refractivity contribution in [2.24, 2.45) is 0 Å². The molecule has 13 heteroatoms. The lowest BCUT2D eigenvalue weighted by molar-refractivity contribution is -0.146. The number of ether oxygens (including phenoxy) is 3. The van der Waals surface area contributed by atoms with Gasteiger partial charge in [0.15, 0.2) is 11.9 Å². The molecular weight excluding hydrogens is 655 g/mol. The van der Waals surface area contributed by atoms with Gasteiger partial charge in [-0.05, 0) is 61.9 Å². The average molecular weight is 686 g/mol. The van der Waals surface area contributed by atoms with Gasteiger partial charge in [-0.25, -0.2) is 27.6 Å². The molecule has 49 heavy (non-hydrogen) atoms. The second-order valence-corrected chi connectivity index (χ2v) is 12.8. The molecule has 0 amide bonds. The molecule has 4 aromatic rings. The molecule has 9 nitrogen and oxygen atoms in total. The first kappa shape index (κ1) is 35.1. The molecule has 250 valence electrons. The van der Waals surface area contributed by atoms with E-state index in [1.807, 2.05) is 12.1 Å². The van der Waals surface area contributed by atoms with Crippen LogP contribution < -0.4 is 0 Å². The summed E-state index contributed by atoms with van der Waals surface area (Å²) in [7, 11) is 0. The second kappa shape index (κ2) is 15.8. The highest BCUT2D eigenvalue weighted by Crippen LogP contribution is 2.42. The predicted octanol–water partition coefficient (Wildman–Crippen LogP) is 6.63. The third kappa shape index (κ3) is 8.45. The van der Waals surface area contributed by atoms with E-state index in [0.29, 0.717) is 11.1 Å². The van der Waals surface area contributed by atoms with Crippen molar-refractivity contribution in [3.63, 3.8) is 0 Å². The van der Waals surface area contributed by atoms with Crippen molar-refractivity contribution >= 4 is 23.8 Å². The molecule has 2 heterocycles. The number of thioether (sulfide) groups is 1. The Kier molecular flexibility index (Phi) is 11.3. The normalized spacial score (nSPS) is 18.1. The fraction of sp³-hybridized carbons (Fsp3) is 0.250. The zero-order chi connectivity index (χ0) is 35.0. The van der Waals surface area contributed by atoms with Gasteiger partial charge in [0.05, 0.1) is 53.8 Å². The number of benzene rings is 3. The van der Waals surface area contributed by atoms with Crippen LogP contribution in [-0.4, -0.2) is 50.7 Å². The van der Waals surface area contributed by atoms with E-state index in [4.69, 9.17) is 19.5 Å². The van der Waals surface area contributed by atoms with Crippen LogP contribution in [0.3, 0.4) is 0 Å². The van der Waals surface area contributed by atoms with Crippen LogP contribution in [0.2, 0.25) is 0 Å². The first-order chi connectivity index (χ1) is 23.6. The van der Waals surface area contributed by atoms with Crippen LogP contribution in [0, 0.1) is 47.0 Å². The highest BCUT2D eigenvalue weighted by Gasteiger charge is 2.47. The van der Waals surface area contributed by atoms with Crippen LogP contribution in [0.4, 0.5) is 13.2 Å². The largest absolute Gasteiger partial charge is 0.447 e. The van der Waals surface area contributed by atoms with E-state index in [1.54, 1.807) is 50.3 Å². The highest BCUT2D eigenvalue weighted by atomic mass is 32.2. The van der Waals surface area contributed by atoms with Gasteiger partial charge in [-0.15, -0.1) is 11.8 Å². The Bertz CT molecular complexity index is 1950. The number of rotatable bonds is 11. The highest BCUT2D eigenvalue weighted by molar-refractivity contribution is 8.00. The van der Waals surface area contributed by atoms with E-state index < -0.39 is 40.6 Å². The Morgan fingerprint density at radius 2 is 1.80 bits per heavy atom. The lowest BCUT2D eigenvalue weighted by atomic mass is 9.89. The van der Waals surface area contributed by atoms with Crippen molar-refractivity contribution in [1.29, 1.82) is 10.5 Å². The number of carbonyl (C=O) groups is 1. The molecule has 0 unspecified atom stereocenters. The van der Waals surface area contributed by atoms with Gasteiger partial charge in [-0.2, -0.15) is 15.6 Å². The van der Waals surface area contributed by atoms with E-state index >= 15 is 4.39 Å². The van der Waals surface area contributed by atoms with Crippen molar-refractivity contribution in [1.82, 2.24) is 14.8 Å². The Hall–Kier alpha value is -5.21. The zero-order valence-electron chi connectivity index (χ0n) is 26.4. The fourth-order valence-corrected chi connectivity index (χ4v) is 6.62. The van der Waals surface area contributed by atoms with Gasteiger partial charge in [0.2, 0.25) is 0 Å². The summed E-state index contributed by atoms with van der Waals surface area (Å²) in [6.45, 7) is 3.73. The minimum absolute atomic E-state index is 0.0733. The van der Waals surface area contributed by atoms with Gasteiger partial charge in [-0.3, -0.25) is 0 Å². The van der Waals surface area contributed by atoms with Crippen LogP contribution in [0.1, 0.15) is 45.1 Å². The Balaban J connectivity index is 1.36. The molecular formula is C36H30F3N5O4S.